The van der Waals surface area contributed by atoms with E-state index in [1.165, 1.54) is 4.31 Å². The summed E-state index contributed by atoms with van der Waals surface area (Å²) in [6, 6.07) is 11.8. The molecule has 0 radical (unpaired) electrons. The van der Waals surface area contributed by atoms with Gasteiger partial charge in [0, 0.05) is 31.6 Å². The highest BCUT2D eigenvalue weighted by Crippen LogP contribution is 2.29. The van der Waals surface area contributed by atoms with Gasteiger partial charge >= 0.3 is 0 Å². The molecule has 6 nitrogen and oxygen atoms in total. The Kier molecular flexibility index (Phi) is 6.27. The van der Waals surface area contributed by atoms with Crippen molar-refractivity contribution in [2.24, 2.45) is 11.8 Å². The number of aryl methyl sites for hydroxylation is 1. The van der Waals surface area contributed by atoms with E-state index in [0.29, 0.717) is 18.7 Å². The Balaban J connectivity index is 1.84. The zero-order chi connectivity index (χ0) is 20.3. The fourth-order valence-electron chi connectivity index (χ4n) is 3.58. The Morgan fingerprint density at radius 3 is 2.57 bits per heavy atom. The molecule has 0 bridgehead atoms. The predicted molar refractivity (Wildman–Crippen MR) is 106 cm³/mol. The summed E-state index contributed by atoms with van der Waals surface area (Å²) < 4.78 is 27.6. The number of carbonyl (C=O) groups is 1. The van der Waals surface area contributed by atoms with E-state index < -0.39 is 22.0 Å². The molecule has 0 saturated carbocycles. The van der Waals surface area contributed by atoms with Gasteiger partial charge in [0.15, 0.2) is 5.78 Å². The highest BCUT2D eigenvalue weighted by molar-refractivity contribution is 7.89. The monoisotopic (exact) mass is 402 g/mol. The molecule has 3 rings (SSSR count). The lowest BCUT2D eigenvalue weighted by Crippen LogP contribution is -2.38. The van der Waals surface area contributed by atoms with Crippen LogP contribution < -0.4 is 0 Å². The number of Topliss-reactive ketones (excluding diaryl/α,β-unsaturated/α-hetero) is 1. The lowest BCUT2D eigenvalue weighted by atomic mass is 9.87. The fourth-order valence-corrected chi connectivity index (χ4v) is 5.09. The Morgan fingerprint density at radius 2 is 1.93 bits per heavy atom. The van der Waals surface area contributed by atoms with Gasteiger partial charge in [-0.1, -0.05) is 30.7 Å². The van der Waals surface area contributed by atoms with Crippen LogP contribution in [0.1, 0.15) is 35.8 Å². The maximum atomic E-state index is 13.1. The Morgan fingerprint density at radius 1 is 1.21 bits per heavy atom. The zero-order valence-electron chi connectivity index (χ0n) is 16.2. The number of benzene rings is 1. The largest absolute Gasteiger partial charge is 0.392 e. The lowest BCUT2D eigenvalue weighted by Gasteiger charge is -2.26. The third kappa shape index (κ3) is 4.48. The second-order valence-corrected chi connectivity index (χ2v) is 9.47. The van der Waals surface area contributed by atoms with Gasteiger partial charge in [-0.05, 0) is 43.5 Å². The number of aromatic nitrogens is 1. The van der Waals surface area contributed by atoms with Crippen molar-refractivity contribution < 1.29 is 18.3 Å². The zero-order valence-corrected chi connectivity index (χ0v) is 17.0. The van der Waals surface area contributed by atoms with Crippen LogP contribution in [0.5, 0.6) is 0 Å². The van der Waals surface area contributed by atoms with E-state index in [4.69, 9.17) is 0 Å². The van der Waals surface area contributed by atoms with E-state index in [1.54, 1.807) is 48.7 Å². The fraction of sp³-hybridized carbons (Fsp3) is 0.429. The molecule has 2 heterocycles. The van der Waals surface area contributed by atoms with Gasteiger partial charge in [0.25, 0.3) is 0 Å². The number of carbonyl (C=O) groups excluding carboxylic acids is 1. The molecule has 1 saturated heterocycles. The van der Waals surface area contributed by atoms with Gasteiger partial charge in [0.05, 0.1) is 11.0 Å². The summed E-state index contributed by atoms with van der Waals surface area (Å²) in [6.07, 6.45) is 1.40. The molecule has 0 amide bonds. The van der Waals surface area contributed by atoms with Crippen molar-refractivity contribution in [2.75, 3.05) is 13.1 Å². The standard InChI is InChI=1S/C21H26N2O4S/c1-15-6-8-18(9-7-15)28(26,27)23-12-10-16(2)21(25)17(14-23)13-20(24)19-5-3-4-11-22-19/h3-9,11,16-17,21,25H,10,12-14H2,1-2H3. The van der Waals surface area contributed by atoms with Crippen LogP contribution in [-0.2, 0) is 10.0 Å². The van der Waals surface area contributed by atoms with Crippen LogP contribution in [0.25, 0.3) is 0 Å². The lowest BCUT2D eigenvalue weighted by molar-refractivity contribution is 0.0539. The Labute approximate surface area is 166 Å². The Hall–Kier alpha value is -2.09. The summed E-state index contributed by atoms with van der Waals surface area (Å²) in [5.41, 5.74) is 1.32. The molecular formula is C21H26N2O4S. The first-order chi connectivity index (χ1) is 13.3. The second-order valence-electron chi connectivity index (χ2n) is 7.54. The molecule has 0 spiro atoms. The van der Waals surface area contributed by atoms with Crippen LogP contribution in [-0.4, -0.2) is 47.8 Å². The van der Waals surface area contributed by atoms with E-state index in [9.17, 15) is 18.3 Å². The third-order valence-corrected chi connectivity index (χ3v) is 7.27. The number of pyridine rings is 1. The van der Waals surface area contributed by atoms with E-state index in [-0.39, 0.29) is 29.6 Å². The predicted octanol–water partition coefficient (Wildman–Crippen LogP) is 2.67. The maximum absolute atomic E-state index is 13.1. The summed E-state index contributed by atoms with van der Waals surface area (Å²) in [6.45, 7) is 4.23. The highest BCUT2D eigenvalue weighted by Gasteiger charge is 2.37. The van der Waals surface area contributed by atoms with Gasteiger partial charge in [0.2, 0.25) is 10.0 Å². The molecule has 1 N–H and O–H groups in total. The number of nitrogens with zero attached hydrogens (tertiary/aromatic N) is 2. The van der Waals surface area contributed by atoms with Crippen molar-refractivity contribution in [2.45, 2.75) is 37.7 Å². The van der Waals surface area contributed by atoms with Crippen molar-refractivity contribution in [1.82, 2.24) is 9.29 Å². The molecule has 3 unspecified atom stereocenters. The minimum atomic E-state index is -3.69. The number of ketones is 1. The highest BCUT2D eigenvalue weighted by atomic mass is 32.2. The molecule has 1 fully saturated rings. The molecule has 1 aliphatic rings. The summed E-state index contributed by atoms with van der Waals surface area (Å²) in [7, 11) is -3.69. The minimum Gasteiger partial charge on any atom is -0.392 e. The number of sulfonamides is 1. The van der Waals surface area contributed by atoms with Gasteiger partial charge in [-0.25, -0.2) is 8.42 Å². The number of aliphatic hydroxyl groups is 1. The maximum Gasteiger partial charge on any atom is 0.243 e. The first kappa shape index (κ1) is 20.6. The molecule has 150 valence electrons. The van der Waals surface area contributed by atoms with E-state index in [1.807, 2.05) is 13.8 Å². The molecular weight excluding hydrogens is 376 g/mol. The third-order valence-electron chi connectivity index (χ3n) is 5.39. The van der Waals surface area contributed by atoms with E-state index >= 15 is 0 Å². The number of aliphatic hydroxyl groups excluding tert-OH is 1. The second kappa shape index (κ2) is 8.51. The molecule has 1 aromatic heterocycles. The first-order valence-corrected chi connectivity index (χ1v) is 10.9. The van der Waals surface area contributed by atoms with Crippen LogP contribution >= 0.6 is 0 Å². The van der Waals surface area contributed by atoms with Crippen molar-refractivity contribution >= 4 is 15.8 Å². The van der Waals surface area contributed by atoms with Gasteiger partial charge in [0.1, 0.15) is 5.69 Å². The van der Waals surface area contributed by atoms with Gasteiger partial charge < -0.3 is 5.11 Å². The topological polar surface area (TPSA) is 87.6 Å². The Bertz CT molecular complexity index is 913. The smallest absolute Gasteiger partial charge is 0.243 e. The number of hydrogen-bond acceptors (Lipinski definition) is 5. The SMILES string of the molecule is Cc1ccc(S(=O)(=O)N2CCC(C)C(O)C(CC(=O)c3ccccn3)C2)cc1. The van der Waals surface area contributed by atoms with Crippen molar-refractivity contribution in [3.63, 3.8) is 0 Å². The van der Waals surface area contributed by atoms with Crippen LogP contribution in [0.15, 0.2) is 53.6 Å². The van der Waals surface area contributed by atoms with Crippen LogP contribution in [0.4, 0.5) is 0 Å². The van der Waals surface area contributed by atoms with Crippen LogP contribution in [0, 0.1) is 18.8 Å². The van der Waals surface area contributed by atoms with Crippen molar-refractivity contribution in [3.8, 4) is 0 Å². The molecule has 7 heteroatoms. The summed E-state index contributed by atoms with van der Waals surface area (Å²) in [4.78, 5) is 16.9. The molecule has 1 aliphatic heterocycles. The van der Waals surface area contributed by atoms with Gasteiger partial charge in [-0.15, -0.1) is 0 Å². The van der Waals surface area contributed by atoms with Gasteiger partial charge in [-0.3, -0.25) is 9.78 Å². The first-order valence-electron chi connectivity index (χ1n) is 9.48. The van der Waals surface area contributed by atoms with E-state index in [0.717, 1.165) is 5.56 Å². The normalized spacial score (nSPS) is 23.9. The average molecular weight is 403 g/mol. The molecule has 0 aliphatic carbocycles. The summed E-state index contributed by atoms with van der Waals surface area (Å²) >= 11 is 0. The molecule has 3 atom stereocenters. The van der Waals surface area contributed by atoms with Gasteiger partial charge in [-0.2, -0.15) is 4.31 Å². The van der Waals surface area contributed by atoms with Crippen molar-refractivity contribution in [1.29, 1.82) is 0 Å². The van der Waals surface area contributed by atoms with Crippen LogP contribution in [0.2, 0.25) is 0 Å². The summed E-state index contributed by atoms with van der Waals surface area (Å²) in [5.74, 6) is -0.765. The molecule has 1 aromatic carbocycles. The van der Waals surface area contributed by atoms with Crippen LogP contribution in [0.3, 0.4) is 0 Å². The average Bonchev–Trinajstić information content (AvgIpc) is 2.83. The van der Waals surface area contributed by atoms with Crippen molar-refractivity contribution in [3.05, 3.63) is 59.9 Å². The quantitative estimate of drug-likeness (QED) is 0.777. The summed E-state index contributed by atoms with van der Waals surface area (Å²) in [5, 5.41) is 10.7. The minimum absolute atomic E-state index is 0.0580. The van der Waals surface area contributed by atoms with E-state index in [2.05, 4.69) is 4.98 Å². The number of hydrogen-bond donors (Lipinski definition) is 1. The molecule has 28 heavy (non-hydrogen) atoms. The molecule has 2 aromatic rings. The number of rotatable bonds is 5.